The van der Waals surface area contributed by atoms with Gasteiger partial charge in [-0.25, -0.2) is 5.43 Å². The van der Waals surface area contributed by atoms with Crippen LogP contribution in [0.15, 0.2) is 52.0 Å². The number of amides is 2. The lowest BCUT2D eigenvalue weighted by atomic mass is 10.2. The standard InChI is InChI=1S/C16H14BrN3O4/c1-24-14-8-10(6-7-13(14)21)9-18-20-16(23)15(22)19-12-5-3-2-4-11(12)17/h2-9,21H,1H3,(H,19,22)(H,20,23). The molecule has 8 heteroatoms. The van der Waals surface area contributed by atoms with E-state index < -0.39 is 11.8 Å². The average Bonchev–Trinajstić information content (AvgIpc) is 2.58. The van der Waals surface area contributed by atoms with E-state index in [9.17, 15) is 14.7 Å². The maximum absolute atomic E-state index is 11.8. The van der Waals surface area contributed by atoms with Crippen molar-refractivity contribution in [2.75, 3.05) is 12.4 Å². The van der Waals surface area contributed by atoms with E-state index in [0.29, 0.717) is 15.7 Å². The molecule has 2 aromatic carbocycles. The van der Waals surface area contributed by atoms with Crippen LogP contribution in [0, 0.1) is 0 Å². The molecule has 0 fully saturated rings. The fourth-order valence-corrected chi connectivity index (χ4v) is 2.12. The van der Waals surface area contributed by atoms with E-state index in [1.165, 1.54) is 25.5 Å². The molecule has 0 atom stereocenters. The number of carbonyl (C=O) groups excluding carboxylic acids is 2. The van der Waals surface area contributed by atoms with Crippen molar-refractivity contribution in [1.82, 2.24) is 5.43 Å². The van der Waals surface area contributed by atoms with Crippen LogP contribution in [0.4, 0.5) is 5.69 Å². The van der Waals surface area contributed by atoms with Crippen LogP contribution in [0.2, 0.25) is 0 Å². The fourth-order valence-electron chi connectivity index (χ4n) is 1.73. The lowest BCUT2D eigenvalue weighted by Crippen LogP contribution is -2.32. The predicted octanol–water partition coefficient (Wildman–Crippen LogP) is 2.25. The molecular weight excluding hydrogens is 378 g/mol. The van der Waals surface area contributed by atoms with Crippen LogP contribution in [0.5, 0.6) is 11.5 Å². The van der Waals surface area contributed by atoms with Crippen molar-refractivity contribution in [1.29, 1.82) is 0 Å². The summed E-state index contributed by atoms with van der Waals surface area (Å²) in [5, 5.41) is 15.6. The third-order valence-corrected chi connectivity index (χ3v) is 3.60. The first kappa shape index (κ1) is 17.5. The molecule has 2 aromatic rings. The number of carbonyl (C=O) groups is 2. The molecule has 0 heterocycles. The van der Waals surface area contributed by atoms with E-state index in [2.05, 4.69) is 31.8 Å². The van der Waals surface area contributed by atoms with E-state index in [1.54, 1.807) is 30.3 Å². The molecule has 124 valence electrons. The molecule has 2 rings (SSSR count). The minimum absolute atomic E-state index is 0.00787. The predicted molar refractivity (Wildman–Crippen MR) is 93.2 cm³/mol. The second kappa shape index (κ2) is 8.11. The van der Waals surface area contributed by atoms with Gasteiger partial charge in [0.25, 0.3) is 0 Å². The number of nitrogens with one attached hydrogen (secondary N) is 2. The number of methoxy groups -OCH3 is 1. The van der Waals surface area contributed by atoms with Crippen molar-refractivity contribution < 1.29 is 19.4 Å². The van der Waals surface area contributed by atoms with Crippen molar-refractivity contribution in [3.63, 3.8) is 0 Å². The van der Waals surface area contributed by atoms with Crippen molar-refractivity contribution in [3.05, 3.63) is 52.5 Å². The fraction of sp³-hybridized carbons (Fsp3) is 0.0625. The van der Waals surface area contributed by atoms with Gasteiger partial charge in [-0.15, -0.1) is 0 Å². The summed E-state index contributed by atoms with van der Waals surface area (Å²) >= 11 is 3.27. The molecule has 0 saturated heterocycles. The molecule has 3 N–H and O–H groups in total. The number of phenolic OH excluding ortho intramolecular Hbond substituents is 1. The Bertz CT molecular complexity index is 793. The largest absolute Gasteiger partial charge is 0.504 e. The van der Waals surface area contributed by atoms with Gasteiger partial charge in [0.1, 0.15) is 0 Å². The van der Waals surface area contributed by atoms with Crippen molar-refractivity contribution in [3.8, 4) is 11.5 Å². The van der Waals surface area contributed by atoms with E-state index >= 15 is 0 Å². The lowest BCUT2D eigenvalue weighted by Gasteiger charge is -2.06. The number of phenols is 1. The molecule has 0 aliphatic rings. The second-order valence-electron chi connectivity index (χ2n) is 4.56. The highest BCUT2D eigenvalue weighted by molar-refractivity contribution is 9.10. The lowest BCUT2D eigenvalue weighted by molar-refractivity contribution is -0.136. The monoisotopic (exact) mass is 391 g/mol. The summed E-state index contributed by atoms with van der Waals surface area (Å²) in [6, 6.07) is 11.5. The summed E-state index contributed by atoms with van der Waals surface area (Å²) in [5.74, 6) is -1.49. The number of anilines is 1. The van der Waals surface area contributed by atoms with Crippen molar-refractivity contribution in [2.45, 2.75) is 0 Å². The minimum atomic E-state index is -0.909. The number of benzene rings is 2. The third kappa shape index (κ3) is 4.56. The quantitative estimate of drug-likeness (QED) is 0.422. The molecular formula is C16H14BrN3O4. The number of para-hydroxylation sites is 1. The Morgan fingerprint density at radius 3 is 2.67 bits per heavy atom. The Kier molecular flexibility index (Phi) is 5.91. The Morgan fingerprint density at radius 2 is 1.96 bits per heavy atom. The van der Waals surface area contributed by atoms with Crippen molar-refractivity contribution in [2.24, 2.45) is 5.10 Å². The van der Waals surface area contributed by atoms with Crippen LogP contribution in [-0.2, 0) is 9.59 Å². The SMILES string of the molecule is COc1cc(C=NNC(=O)C(=O)Nc2ccccc2Br)ccc1O. The number of rotatable bonds is 4. The summed E-state index contributed by atoms with van der Waals surface area (Å²) in [6.07, 6.45) is 1.32. The first-order valence-electron chi connectivity index (χ1n) is 6.77. The zero-order valence-corrected chi connectivity index (χ0v) is 14.2. The molecule has 0 spiro atoms. The van der Waals surface area contributed by atoms with Gasteiger partial charge in [0.05, 0.1) is 19.0 Å². The van der Waals surface area contributed by atoms with Gasteiger partial charge in [0.2, 0.25) is 0 Å². The van der Waals surface area contributed by atoms with Crippen LogP contribution >= 0.6 is 15.9 Å². The molecule has 0 unspecified atom stereocenters. The van der Waals surface area contributed by atoms with Gasteiger partial charge in [-0.3, -0.25) is 9.59 Å². The van der Waals surface area contributed by atoms with Gasteiger partial charge in [-0.05, 0) is 51.8 Å². The van der Waals surface area contributed by atoms with E-state index in [0.717, 1.165) is 0 Å². The van der Waals surface area contributed by atoms with Gasteiger partial charge < -0.3 is 15.2 Å². The van der Waals surface area contributed by atoms with Crippen LogP contribution in [0.25, 0.3) is 0 Å². The number of nitrogens with zero attached hydrogens (tertiary/aromatic N) is 1. The second-order valence-corrected chi connectivity index (χ2v) is 5.42. The molecule has 24 heavy (non-hydrogen) atoms. The zero-order chi connectivity index (χ0) is 17.5. The summed E-state index contributed by atoms with van der Waals surface area (Å²) in [4.78, 5) is 23.5. The minimum Gasteiger partial charge on any atom is -0.504 e. The highest BCUT2D eigenvalue weighted by Crippen LogP contribution is 2.25. The van der Waals surface area contributed by atoms with Gasteiger partial charge in [-0.2, -0.15) is 5.10 Å². The molecule has 0 aliphatic carbocycles. The molecule has 0 aromatic heterocycles. The normalized spacial score (nSPS) is 10.4. The zero-order valence-electron chi connectivity index (χ0n) is 12.6. The Labute approximate surface area is 146 Å². The Balaban J connectivity index is 1.95. The Hall–Kier alpha value is -2.87. The van der Waals surface area contributed by atoms with Gasteiger partial charge in [0, 0.05) is 4.47 Å². The average molecular weight is 392 g/mol. The molecule has 0 radical (unpaired) electrons. The molecule has 2 amide bonds. The van der Waals surface area contributed by atoms with E-state index in [-0.39, 0.29) is 11.5 Å². The first-order valence-corrected chi connectivity index (χ1v) is 7.56. The van der Waals surface area contributed by atoms with Gasteiger partial charge in [0.15, 0.2) is 11.5 Å². The van der Waals surface area contributed by atoms with Crippen LogP contribution in [0.1, 0.15) is 5.56 Å². The van der Waals surface area contributed by atoms with Crippen molar-refractivity contribution >= 4 is 39.6 Å². The molecule has 7 nitrogen and oxygen atoms in total. The molecule has 0 aliphatic heterocycles. The maximum Gasteiger partial charge on any atom is 0.329 e. The van der Waals surface area contributed by atoms with Crippen LogP contribution < -0.4 is 15.5 Å². The number of hydrazone groups is 1. The molecule has 0 saturated carbocycles. The van der Waals surface area contributed by atoms with Crippen LogP contribution in [-0.4, -0.2) is 30.2 Å². The topological polar surface area (TPSA) is 100 Å². The highest BCUT2D eigenvalue weighted by Gasteiger charge is 2.13. The summed E-state index contributed by atoms with van der Waals surface area (Å²) in [5.41, 5.74) is 3.18. The summed E-state index contributed by atoms with van der Waals surface area (Å²) in [6.45, 7) is 0. The summed E-state index contributed by atoms with van der Waals surface area (Å²) in [7, 11) is 1.42. The third-order valence-electron chi connectivity index (χ3n) is 2.91. The number of halogens is 1. The number of ether oxygens (including phenoxy) is 1. The van der Waals surface area contributed by atoms with E-state index in [4.69, 9.17) is 4.74 Å². The molecule has 0 bridgehead atoms. The van der Waals surface area contributed by atoms with Gasteiger partial charge >= 0.3 is 11.8 Å². The maximum atomic E-state index is 11.8. The Morgan fingerprint density at radius 1 is 1.21 bits per heavy atom. The summed E-state index contributed by atoms with van der Waals surface area (Å²) < 4.78 is 5.62. The highest BCUT2D eigenvalue weighted by atomic mass is 79.9. The number of hydrogen-bond acceptors (Lipinski definition) is 5. The van der Waals surface area contributed by atoms with E-state index in [1.807, 2.05) is 0 Å². The number of hydrogen-bond donors (Lipinski definition) is 3. The van der Waals surface area contributed by atoms with Crippen LogP contribution in [0.3, 0.4) is 0 Å². The number of aromatic hydroxyl groups is 1. The smallest absolute Gasteiger partial charge is 0.329 e. The first-order chi connectivity index (χ1) is 11.5. The van der Waals surface area contributed by atoms with Gasteiger partial charge in [-0.1, -0.05) is 12.1 Å².